The number of nitriles is 1. The van der Waals surface area contributed by atoms with Crippen LogP contribution >= 0.6 is 50.3 Å². The van der Waals surface area contributed by atoms with Crippen LogP contribution in [0.15, 0.2) is 69.0 Å². The summed E-state index contributed by atoms with van der Waals surface area (Å²) >= 11 is 7.10. The number of nitrogens with one attached hydrogen (secondary N) is 1. The molecule has 34 heavy (non-hydrogen) atoms. The van der Waals surface area contributed by atoms with Crippen LogP contribution < -0.4 is 10.1 Å². The lowest BCUT2D eigenvalue weighted by molar-refractivity contribution is -0.115. The Morgan fingerprint density at radius 2 is 1.91 bits per heavy atom. The first-order valence-corrected chi connectivity index (χ1v) is 13.0. The molecule has 5 nitrogen and oxygen atoms in total. The van der Waals surface area contributed by atoms with Crippen molar-refractivity contribution in [3.63, 3.8) is 0 Å². The van der Waals surface area contributed by atoms with Gasteiger partial charge in [-0.2, -0.15) is 5.26 Å². The number of rotatable bonds is 5. The van der Waals surface area contributed by atoms with E-state index in [1.165, 1.54) is 11.8 Å². The maximum atomic E-state index is 12.5. The number of nitrogens with zero attached hydrogens (tertiary/aromatic N) is 2. The summed E-state index contributed by atoms with van der Waals surface area (Å²) < 4.78 is 7.92. The predicted molar refractivity (Wildman–Crippen MR) is 149 cm³/mol. The van der Waals surface area contributed by atoms with Gasteiger partial charge in [0.25, 0.3) is 5.91 Å². The van der Waals surface area contributed by atoms with Gasteiger partial charge in [0.1, 0.15) is 12.4 Å². The lowest BCUT2D eigenvalue weighted by Gasteiger charge is -2.10. The zero-order chi connectivity index (χ0) is 24.2. The molecular formula is C26H19BrIN3O2S. The number of amides is 1. The Kier molecular flexibility index (Phi) is 7.76. The fourth-order valence-corrected chi connectivity index (χ4v) is 5.14. The molecule has 1 N–H and O–H groups in total. The van der Waals surface area contributed by atoms with Crippen LogP contribution in [-0.2, 0) is 11.4 Å². The summed E-state index contributed by atoms with van der Waals surface area (Å²) in [5, 5.41) is 12.6. The van der Waals surface area contributed by atoms with E-state index in [-0.39, 0.29) is 5.91 Å². The van der Waals surface area contributed by atoms with Gasteiger partial charge in [-0.25, -0.2) is 4.99 Å². The molecule has 1 amide bonds. The van der Waals surface area contributed by atoms with Crippen LogP contribution in [0.25, 0.3) is 6.08 Å². The van der Waals surface area contributed by atoms with Crippen molar-refractivity contribution in [1.29, 1.82) is 5.26 Å². The average Bonchev–Trinajstić information content (AvgIpc) is 3.15. The highest BCUT2D eigenvalue weighted by Crippen LogP contribution is 2.32. The van der Waals surface area contributed by atoms with Crippen molar-refractivity contribution in [3.8, 4) is 11.8 Å². The Balaban J connectivity index is 1.48. The van der Waals surface area contributed by atoms with Crippen molar-refractivity contribution in [3.05, 3.63) is 95.4 Å². The smallest absolute Gasteiger partial charge is 0.264 e. The van der Waals surface area contributed by atoms with E-state index in [2.05, 4.69) is 54.9 Å². The number of amidine groups is 1. The molecule has 8 heteroatoms. The van der Waals surface area contributed by atoms with Crippen molar-refractivity contribution in [2.24, 2.45) is 4.99 Å². The van der Waals surface area contributed by atoms with Gasteiger partial charge in [-0.05, 0) is 101 Å². The minimum absolute atomic E-state index is 0.169. The van der Waals surface area contributed by atoms with E-state index in [9.17, 15) is 10.1 Å². The molecule has 0 radical (unpaired) electrons. The molecule has 1 fully saturated rings. The van der Waals surface area contributed by atoms with Crippen molar-refractivity contribution in [2.45, 2.75) is 20.5 Å². The summed E-state index contributed by atoms with van der Waals surface area (Å²) in [6.45, 7) is 4.35. The van der Waals surface area contributed by atoms with E-state index in [1.807, 2.05) is 68.5 Å². The first-order chi connectivity index (χ1) is 16.3. The summed E-state index contributed by atoms with van der Waals surface area (Å²) in [5.74, 6) is 0.556. The van der Waals surface area contributed by atoms with Crippen LogP contribution in [0, 0.1) is 28.7 Å². The minimum atomic E-state index is -0.169. The molecule has 1 saturated heterocycles. The van der Waals surface area contributed by atoms with E-state index in [1.54, 1.807) is 6.07 Å². The topological polar surface area (TPSA) is 74.5 Å². The summed E-state index contributed by atoms with van der Waals surface area (Å²) in [4.78, 5) is 17.7. The SMILES string of the molecule is Cc1cc(N=C2NC(=O)/C(=C/c3ccc(OCc4ccccc4C#N)c(I)c3)S2)cc(C)c1Br. The first kappa shape index (κ1) is 24.5. The van der Waals surface area contributed by atoms with E-state index >= 15 is 0 Å². The third-order valence-electron chi connectivity index (χ3n) is 5.08. The normalized spacial score (nSPS) is 15.4. The number of aliphatic imine (C=N–C) groups is 1. The fourth-order valence-electron chi connectivity index (χ4n) is 3.37. The van der Waals surface area contributed by atoms with Crippen LogP contribution in [0.2, 0.25) is 0 Å². The molecule has 1 heterocycles. The molecule has 0 atom stereocenters. The first-order valence-electron chi connectivity index (χ1n) is 10.3. The Morgan fingerprint density at radius 3 is 2.62 bits per heavy atom. The van der Waals surface area contributed by atoms with Gasteiger partial charge in [-0.1, -0.05) is 40.2 Å². The maximum Gasteiger partial charge on any atom is 0.264 e. The monoisotopic (exact) mass is 643 g/mol. The summed E-state index contributed by atoms with van der Waals surface area (Å²) in [5.41, 5.74) is 5.33. The second kappa shape index (κ2) is 10.8. The standard InChI is InChI=1S/C26H19BrIN3O2S/c1-15-9-20(10-16(2)24(15)27)30-26-31-25(32)23(34-26)12-17-7-8-22(21(28)11-17)33-14-19-6-4-3-5-18(19)13-29/h3-12H,14H2,1-2H3,(H,30,31,32)/b23-12-. The zero-order valence-corrected chi connectivity index (χ0v) is 22.9. The third-order valence-corrected chi connectivity index (χ3v) is 8.08. The lowest BCUT2D eigenvalue weighted by Crippen LogP contribution is -2.19. The highest BCUT2D eigenvalue weighted by atomic mass is 127. The average molecular weight is 644 g/mol. The largest absolute Gasteiger partial charge is 0.488 e. The number of hydrogen-bond donors (Lipinski definition) is 1. The van der Waals surface area contributed by atoms with E-state index in [4.69, 9.17) is 4.74 Å². The van der Waals surface area contributed by atoms with Crippen LogP contribution in [0.5, 0.6) is 5.75 Å². The van der Waals surface area contributed by atoms with Gasteiger partial charge in [-0.3, -0.25) is 4.79 Å². The predicted octanol–water partition coefficient (Wildman–Crippen LogP) is 7.01. The molecule has 3 aromatic rings. The number of aryl methyl sites for hydroxylation is 2. The molecule has 3 aromatic carbocycles. The number of thioether (sulfide) groups is 1. The zero-order valence-electron chi connectivity index (χ0n) is 18.4. The second-order valence-electron chi connectivity index (χ2n) is 7.62. The Bertz CT molecular complexity index is 1370. The highest BCUT2D eigenvalue weighted by Gasteiger charge is 2.24. The van der Waals surface area contributed by atoms with Crippen molar-refractivity contribution in [2.75, 3.05) is 0 Å². The molecule has 1 aliphatic heterocycles. The Labute approximate surface area is 224 Å². The van der Waals surface area contributed by atoms with E-state index < -0.39 is 0 Å². The van der Waals surface area contributed by atoms with Crippen LogP contribution in [0.1, 0.15) is 27.8 Å². The van der Waals surface area contributed by atoms with Crippen LogP contribution in [-0.4, -0.2) is 11.1 Å². The summed E-state index contributed by atoms with van der Waals surface area (Å²) in [7, 11) is 0. The van der Waals surface area contributed by atoms with Crippen molar-refractivity contribution in [1.82, 2.24) is 5.32 Å². The molecule has 4 rings (SSSR count). The van der Waals surface area contributed by atoms with Gasteiger partial charge >= 0.3 is 0 Å². The highest BCUT2D eigenvalue weighted by molar-refractivity contribution is 14.1. The third kappa shape index (κ3) is 5.71. The molecule has 170 valence electrons. The Hall–Kier alpha value is -2.61. The van der Waals surface area contributed by atoms with Gasteiger partial charge in [0, 0.05) is 10.0 Å². The van der Waals surface area contributed by atoms with E-state index in [0.717, 1.165) is 41.7 Å². The van der Waals surface area contributed by atoms with Gasteiger partial charge in [0.05, 0.1) is 25.8 Å². The van der Waals surface area contributed by atoms with Crippen molar-refractivity contribution >= 4 is 73.1 Å². The molecule has 0 spiro atoms. The number of benzene rings is 3. The molecule has 0 aliphatic carbocycles. The second-order valence-corrected chi connectivity index (χ2v) is 10.6. The molecule has 0 unspecified atom stereocenters. The van der Waals surface area contributed by atoms with Gasteiger partial charge in [0.15, 0.2) is 5.17 Å². The van der Waals surface area contributed by atoms with Gasteiger partial charge in [-0.15, -0.1) is 0 Å². The minimum Gasteiger partial charge on any atom is -0.488 e. The number of ether oxygens (including phenoxy) is 1. The maximum absolute atomic E-state index is 12.5. The molecule has 0 bridgehead atoms. The molecule has 0 aromatic heterocycles. The molecular weight excluding hydrogens is 625 g/mol. The van der Waals surface area contributed by atoms with Gasteiger partial charge in [0.2, 0.25) is 0 Å². The Morgan fingerprint density at radius 1 is 1.18 bits per heavy atom. The van der Waals surface area contributed by atoms with E-state index in [0.29, 0.717) is 22.2 Å². The molecule has 0 saturated carbocycles. The quantitative estimate of drug-likeness (QED) is 0.240. The summed E-state index contributed by atoms with van der Waals surface area (Å²) in [6.07, 6.45) is 1.84. The molecule has 1 aliphatic rings. The number of hydrogen-bond acceptors (Lipinski definition) is 5. The fraction of sp³-hybridized carbons (Fsp3) is 0.115. The summed E-state index contributed by atoms with van der Waals surface area (Å²) in [6, 6.07) is 19.3. The van der Waals surface area contributed by atoms with Gasteiger partial charge < -0.3 is 10.1 Å². The number of halogens is 2. The van der Waals surface area contributed by atoms with Crippen molar-refractivity contribution < 1.29 is 9.53 Å². The lowest BCUT2D eigenvalue weighted by atomic mass is 10.1. The van der Waals surface area contributed by atoms with Crippen LogP contribution in [0.3, 0.4) is 0 Å². The van der Waals surface area contributed by atoms with Crippen LogP contribution in [0.4, 0.5) is 5.69 Å². The number of carbonyl (C=O) groups is 1. The number of carbonyl (C=O) groups excluding carboxylic acids is 1.